The van der Waals surface area contributed by atoms with Crippen molar-refractivity contribution in [3.05, 3.63) is 67.7 Å². The number of piperazine rings is 1. The molecule has 0 spiro atoms. The fourth-order valence-corrected chi connectivity index (χ4v) is 4.78. The summed E-state index contributed by atoms with van der Waals surface area (Å²) in [5.74, 6) is 1.17. The van der Waals surface area contributed by atoms with Gasteiger partial charge in [-0.3, -0.25) is 4.79 Å². The maximum Gasteiger partial charge on any atom is 0.225 e. The highest BCUT2D eigenvalue weighted by Gasteiger charge is 2.26. The lowest BCUT2D eigenvalue weighted by atomic mass is 9.87. The van der Waals surface area contributed by atoms with Gasteiger partial charge in [-0.05, 0) is 50.5 Å². The summed E-state index contributed by atoms with van der Waals surface area (Å²) in [6, 6.07) is 6.54. The number of carbonyl (C=O) groups is 1. The number of benzene rings is 1. The Balaban J connectivity index is 0.00000210. The second-order valence-electron chi connectivity index (χ2n) is 9.11. The van der Waals surface area contributed by atoms with E-state index in [9.17, 15) is 4.79 Å². The number of anilines is 1. The summed E-state index contributed by atoms with van der Waals surface area (Å²) in [6.45, 7) is 17.9. The normalized spacial score (nSPS) is 17.4. The van der Waals surface area contributed by atoms with E-state index in [1.54, 1.807) is 0 Å². The van der Waals surface area contributed by atoms with Gasteiger partial charge in [0.1, 0.15) is 6.29 Å². The van der Waals surface area contributed by atoms with E-state index in [1.165, 1.54) is 0 Å². The number of hydrogen-bond donors (Lipinski definition) is 1. The van der Waals surface area contributed by atoms with Gasteiger partial charge < -0.3 is 20.0 Å². The number of nitrogens with zero attached hydrogens (tertiary/aromatic N) is 5. The Morgan fingerprint density at radius 3 is 2.43 bits per heavy atom. The van der Waals surface area contributed by atoms with Crippen LogP contribution in [-0.4, -0.2) is 79.4 Å². The number of aromatic nitrogens is 2. The minimum atomic E-state index is 0.167. The predicted octanol–water partition coefficient (Wildman–Crippen LogP) is 4.26. The number of aldehydes is 1. The molecule has 0 radical (unpaired) electrons. The molecule has 0 amide bonds. The molecule has 2 unspecified atom stereocenters. The highest BCUT2D eigenvalue weighted by molar-refractivity contribution is 5.80. The molecule has 3 atom stereocenters. The summed E-state index contributed by atoms with van der Waals surface area (Å²) in [4.78, 5) is 27.9. The molecular weight excluding hydrogens is 436 g/mol. The molecular formula is C28H42N6O. The summed E-state index contributed by atoms with van der Waals surface area (Å²) in [6.07, 6.45) is 7.70. The van der Waals surface area contributed by atoms with Crippen LogP contribution in [0, 0.1) is 5.92 Å². The van der Waals surface area contributed by atoms with Gasteiger partial charge in [0.25, 0.3) is 0 Å². The van der Waals surface area contributed by atoms with Crippen LogP contribution in [0.4, 0.5) is 5.95 Å². The topological polar surface area (TPSA) is 64.6 Å². The number of nitrogens with one attached hydrogen (secondary N) is 1. The second kappa shape index (κ2) is 13.8. The standard InChI is InChI=1S/C26H38N6O.C2H4/c1-7-19(3)25(30(5)6)24-13-20(9-10-21(24)18-33)22-14-28-26(29-15-22)32-12-11-31(8-2)23(17-32)16-27-4;1-2/h8-10,13-15,18-19,23,25,27H,2,7,11-12,16-17H2,1,3-6H3;1-2H2/t19-,23?,25?;/m0./s1. The van der Waals surface area contributed by atoms with E-state index >= 15 is 0 Å². The summed E-state index contributed by atoms with van der Waals surface area (Å²) in [7, 11) is 6.12. The third-order valence-electron chi connectivity index (χ3n) is 6.73. The van der Waals surface area contributed by atoms with Gasteiger partial charge in [0.2, 0.25) is 5.95 Å². The van der Waals surface area contributed by atoms with Crippen molar-refractivity contribution in [1.29, 1.82) is 0 Å². The minimum Gasteiger partial charge on any atom is -0.370 e. The fourth-order valence-electron chi connectivity index (χ4n) is 4.78. The lowest BCUT2D eigenvalue weighted by Crippen LogP contribution is -2.54. The van der Waals surface area contributed by atoms with Crippen LogP contribution in [0.1, 0.15) is 42.2 Å². The van der Waals surface area contributed by atoms with Crippen LogP contribution < -0.4 is 10.2 Å². The van der Waals surface area contributed by atoms with E-state index in [2.05, 4.69) is 73.8 Å². The van der Waals surface area contributed by atoms with Crippen LogP contribution in [0.3, 0.4) is 0 Å². The van der Waals surface area contributed by atoms with Gasteiger partial charge in [-0.1, -0.05) is 39.0 Å². The zero-order chi connectivity index (χ0) is 26.0. The molecule has 1 N–H and O–H groups in total. The Bertz CT molecular complexity index is 945. The van der Waals surface area contributed by atoms with Crippen molar-refractivity contribution in [2.75, 3.05) is 52.2 Å². The number of likely N-dealkylation sites (N-methyl/N-ethyl adjacent to an activating group) is 1. The first-order valence-electron chi connectivity index (χ1n) is 12.3. The summed E-state index contributed by atoms with van der Waals surface area (Å²) in [5, 5.41) is 3.26. The molecule has 35 heavy (non-hydrogen) atoms. The van der Waals surface area contributed by atoms with E-state index in [-0.39, 0.29) is 6.04 Å². The van der Waals surface area contributed by atoms with E-state index in [0.717, 1.165) is 67.1 Å². The molecule has 3 rings (SSSR count). The first-order chi connectivity index (χ1) is 16.9. The van der Waals surface area contributed by atoms with Gasteiger partial charge in [0.05, 0.1) is 6.04 Å². The fraction of sp³-hybridized carbons (Fsp3) is 0.464. The van der Waals surface area contributed by atoms with Gasteiger partial charge in [-0.15, -0.1) is 13.2 Å². The van der Waals surface area contributed by atoms with Gasteiger partial charge in [0.15, 0.2) is 0 Å². The number of hydrogen-bond acceptors (Lipinski definition) is 7. The molecule has 1 fully saturated rings. The number of carbonyl (C=O) groups excluding carboxylic acids is 1. The molecule has 1 aliphatic heterocycles. The smallest absolute Gasteiger partial charge is 0.225 e. The molecule has 1 aromatic heterocycles. The lowest BCUT2D eigenvalue weighted by Gasteiger charge is -2.40. The largest absolute Gasteiger partial charge is 0.370 e. The third-order valence-corrected chi connectivity index (χ3v) is 6.73. The van der Waals surface area contributed by atoms with Crippen LogP contribution in [0.15, 0.2) is 56.5 Å². The Hall–Kier alpha value is -3.03. The Morgan fingerprint density at radius 2 is 1.89 bits per heavy atom. The van der Waals surface area contributed by atoms with Crippen LogP contribution in [-0.2, 0) is 0 Å². The zero-order valence-corrected chi connectivity index (χ0v) is 22.1. The van der Waals surface area contributed by atoms with E-state index in [0.29, 0.717) is 12.0 Å². The van der Waals surface area contributed by atoms with Gasteiger partial charge in [-0.25, -0.2) is 9.97 Å². The summed E-state index contributed by atoms with van der Waals surface area (Å²) < 4.78 is 0. The van der Waals surface area contributed by atoms with E-state index < -0.39 is 0 Å². The second-order valence-corrected chi connectivity index (χ2v) is 9.11. The Kier molecular flexibility index (Phi) is 11.1. The molecule has 7 heteroatoms. The Labute approximate surface area is 211 Å². The van der Waals surface area contributed by atoms with Crippen molar-refractivity contribution in [2.45, 2.75) is 32.4 Å². The maximum absolute atomic E-state index is 11.8. The van der Waals surface area contributed by atoms with Crippen molar-refractivity contribution in [3.8, 4) is 11.1 Å². The highest BCUT2D eigenvalue weighted by atomic mass is 16.1. The SMILES string of the molecule is C=C.C=CN1CCN(c2ncc(-c3ccc(C=O)c(C([C@@H](C)CC)N(C)C)c3)cn2)CC1CNC. The van der Waals surface area contributed by atoms with Crippen molar-refractivity contribution >= 4 is 12.2 Å². The van der Waals surface area contributed by atoms with Crippen LogP contribution in [0.25, 0.3) is 11.1 Å². The molecule has 190 valence electrons. The van der Waals surface area contributed by atoms with Gasteiger partial charge in [-0.2, -0.15) is 0 Å². The first-order valence-corrected chi connectivity index (χ1v) is 12.3. The van der Waals surface area contributed by atoms with Crippen LogP contribution in [0.2, 0.25) is 0 Å². The molecule has 2 heterocycles. The van der Waals surface area contributed by atoms with Crippen molar-refractivity contribution in [1.82, 2.24) is 25.1 Å². The van der Waals surface area contributed by atoms with Crippen LogP contribution >= 0.6 is 0 Å². The predicted molar refractivity (Wildman–Crippen MR) is 147 cm³/mol. The Morgan fingerprint density at radius 1 is 1.20 bits per heavy atom. The average molecular weight is 479 g/mol. The van der Waals surface area contributed by atoms with Crippen molar-refractivity contribution < 1.29 is 4.79 Å². The average Bonchev–Trinajstić information content (AvgIpc) is 2.90. The van der Waals surface area contributed by atoms with Gasteiger partial charge in [0, 0.05) is 55.7 Å². The molecule has 0 bridgehead atoms. The summed E-state index contributed by atoms with van der Waals surface area (Å²) in [5.41, 5.74) is 3.78. The van der Waals surface area contributed by atoms with Crippen LogP contribution in [0.5, 0.6) is 0 Å². The summed E-state index contributed by atoms with van der Waals surface area (Å²) >= 11 is 0. The lowest BCUT2D eigenvalue weighted by molar-refractivity contribution is 0.111. The quantitative estimate of drug-likeness (QED) is 0.404. The molecule has 0 saturated carbocycles. The van der Waals surface area contributed by atoms with Crippen molar-refractivity contribution in [3.63, 3.8) is 0 Å². The molecule has 0 aliphatic carbocycles. The molecule has 2 aromatic rings. The molecule has 1 aromatic carbocycles. The number of rotatable bonds is 10. The maximum atomic E-state index is 11.8. The highest BCUT2D eigenvalue weighted by Crippen LogP contribution is 2.33. The third kappa shape index (κ3) is 6.77. The van der Waals surface area contributed by atoms with E-state index in [4.69, 9.17) is 9.97 Å². The zero-order valence-electron chi connectivity index (χ0n) is 22.1. The first kappa shape index (κ1) is 28.2. The van der Waals surface area contributed by atoms with E-state index in [1.807, 2.05) is 37.8 Å². The monoisotopic (exact) mass is 478 g/mol. The molecule has 1 saturated heterocycles. The van der Waals surface area contributed by atoms with Gasteiger partial charge >= 0.3 is 0 Å². The van der Waals surface area contributed by atoms with Crippen molar-refractivity contribution in [2.24, 2.45) is 5.92 Å². The molecule has 7 nitrogen and oxygen atoms in total. The molecule has 1 aliphatic rings. The minimum absolute atomic E-state index is 0.167.